The van der Waals surface area contributed by atoms with Crippen LogP contribution in [-0.2, 0) is 9.84 Å². The average Bonchev–Trinajstić information content (AvgIpc) is 2.84. The number of hydrogen-bond acceptors (Lipinski definition) is 3. The van der Waals surface area contributed by atoms with Crippen LogP contribution in [0.2, 0.25) is 0 Å². The fourth-order valence-electron chi connectivity index (χ4n) is 3.40. The van der Waals surface area contributed by atoms with Crippen molar-refractivity contribution < 1.29 is 13.2 Å². The second kappa shape index (κ2) is 9.16. The Kier molecular flexibility index (Phi) is 6.15. The van der Waals surface area contributed by atoms with E-state index in [4.69, 9.17) is 0 Å². The minimum absolute atomic E-state index is 0.0968. The van der Waals surface area contributed by atoms with E-state index < -0.39 is 15.6 Å². The van der Waals surface area contributed by atoms with Crippen LogP contribution in [0.25, 0.3) is 17.2 Å². The van der Waals surface area contributed by atoms with Crippen LogP contribution in [0.1, 0.15) is 21.5 Å². The third kappa shape index (κ3) is 4.61. The molecule has 4 aromatic carbocycles. The molecule has 0 radical (unpaired) electrons. The number of ketones is 1. The molecule has 32 heavy (non-hydrogen) atoms. The summed E-state index contributed by atoms with van der Waals surface area (Å²) in [6, 6.07) is 32.4. The Labute approximate surface area is 188 Å². The summed E-state index contributed by atoms with van der Waals surface area (Å²) in [5.41, 5.74) is 3.99. The highest BCUT2D eigenvalue weighted by molar-refractivity contribution is 7.96. The number of aryl methyl sites for hydroxylation is 1. The molecular weight excluding hydrogens is 416 g/mol. The van der Waals surface area contributed by atoms with E-state index in [2.05, 4.69) is 0 Å². The van der Waals surface area contributed by atoms with Gasteiger partial charge in [0.15, 0.2) is 0 Å². The minimum atomic E-state index is -4.01. The Morgan fingerprint density at radius 2 is 1.19 bits per heavy atom. The molecule has 0 spiro atoms. The maximum atomic E-state index is 13.5. The van der Waals surface area contributed by atoms with Crippen molar-refractivity contribution in [2.75, 3.05) is 0 Å². The van der Waals surface area contributed by atoms with Crippen LogP contribution in [0, 0.1) is 6.92 Å². The van der Waals surface area contributed by atoms with Gasteiger partial charge in [-0.15, -0.1) is 0 Å². The van der Waals surface area contributed by atoms with Gasteiger partial charge in [0.1, 0.15) is 4.91 Å². The van der Waals surface area contributed by atoms with Crippen molar-refractivity contribution in [1.29, 1.82) is 0 Å². The zero-order chi connectivity index (χ0) is 22.6. The summed E-state index contributed by atoms with van der Waals surface area (Å²) in [6.45, 7) is 1.89. The lowest BCUT2D eigenvalue weighted by Gasteiger charge is -2.10. The number of sulfone groups is 1. The van der Waals surface area contributed by atoms with Gasteiger partial charge in [-0.2, -0.15) is 0 Å². The molecule has 4 heteroatoms. The molecular formula is C28H22O3S. The van der Waals surface area contributed by atoms with Gasteiger partial charge in [-0.1, -0.05) is 103 Å². The van der Waals surface area contributed by atoms with Crippen molar-refractivity contribution in [2.45, 2.75) is 11.8 Å². The van der Waals surface area contributed by atoms with Gasteiger partial charge in [-0.25, -0.2) is 8.42 Å². The molecule has 0 bridgehead atoms. The zero-order valence-electron chi connectivity index (χ0n) is 17.6. The smallest absolute Gasteiger partial charge is 0.210 e. The number of carbonyl (C=O) groups excluding carboxylic acids is 1. The molecule has 0 N–H and O–H groups in total. The molecule has 3 nitrogen and oxygen atoms in total. The molecule has 0 aliphatic rings. The van der Waals surface area contributed by atoms with E-state index in [1.54, 1.807) is 42.5 Å². The number of hydrogen-bond donors (Lipinski definition) is 0. The summed E-state index contributed by atoms with van der Waals surface area (Å²) in [7, 11) is -4.01. The average molecular weight is 439 g/mol. The highest BCUT2D eigenvalue weighted by Crippen LogP contribution is 2.27. The quantitative estimate of drug-likeness (QED) is 0.260. The molecule has 0 fully saturated rings. The molecule has 0 saturated heterocycles. The zero-order valence-corrected chi connectivity index (χ0v) is 18.4. The van der Waals surface area contributed by atoms with Gasteiger partial charge in [0.2, 0.25) is 15.6 Å². The Balaban J connectivity index is 1.79. The predicted molar refractivity (Wildman–Crippen MR) is 129 cm³/mol. The van der Waals surface area contributed by atoms with Crippen LogP contribution < -0.4 is 0 Å². The Bertz CT molecular complexity index is 1350. The van der Waals surface area contributed by atoms with Crippen molar-refractivity contribution in [3.63, 3.8) is 0 Å². The van der Waals surface area contributed by atoms with Gasteiger partial charge in [-0.05, 0) is 41.8 Å². The molecule has 0 atom stereocenters. The lowest BCUT2D eigenvalue weighted by atomic mass is 10.0. The normalized spacial score (nSPS) is 11.8. The third-order valence-corrected chi connectivity index (χ3v) is 6.97. The fourth-order valence-corrected chi connectivity index (χ4v) is 4.80. The third-order valence-electron chi connectivity index (χ3n) is 5.20. The van der Waals surface area contributed by atoms with Crippen molar-refractivity contribution >= 4 is 21.7 Å². The van der Waals surface area contributed by atoms with E-state index in [1.165, 1.54) is 18.2 Å². The first-order valence-corrected chi connectivity index (χ1v) is 11.7. The van der Waals surface area contributed by atoms with Crippen LogP contribution in [0.5, 0.6) is 0 Å². The maximum Gasteiger partial charge on any atom is 0.210 e. The fraction of sp³-hybridized carbons (Fsp3) is 0.0357. The van der Waals surface area contributed by atoms with Gasteiger partial charge >= 0.3 is 0 Å². The van der Waals surface area contributed by atoms with Crippen molar-refractivity contribution in [3.8, 4) is 11.1 Å². The van der Waals surface area contributed by atoms with E-state index in [1.807, 2.05) is 61.5 Å². The summed E-state index contributed by atoms with van der Waals surface area (Å²) in [6.07, 6.45) is 1.46. The molecule has 0 amide bonds. The molecule has 0 saturated carbocycles. The summed E-state index contributed by atoms with van der Waals surface area (Å²) in [5, 5.41) is 0. The monoisotopic (exact) mass is 438 g/mol. The maximum absolute atomic E-state index is 13.5. The standard InChI is InChI=1S/C28H22O3S/c1-21-12-18-26(19-13-21)32(30,31)27(28(29)25-10-6-3-7-11-25)20-22-14-16-24(17-15-22)23-8-4-2-5-9-23/h2-20H,1H3/b27-20+. The van der Waals surface area contributed by atoms with E-state index in [9.17, 15) is 13.2 Å². The Morgan fingerprint density at radius 1 is 0.656 bits per heavy atom. The van der Waals surface area contributed by atoms with Gasteiger partial charge < -0.3 is 0 Å². The number of allylic oxidation sites excluding steroid dienone is 1. The molecule has 158 valence electrons. The lowest BCUT2D eigenvalue weighted by Crippen LogP contribution is -2.14. The predicted octanol–water partition coefficient (Wildman–Crippen LogP) is 6.36. The second-order valence-corrected chi connectivity index (χ2v) is 9.43. The number of carbonyl (C=O) groups is 1. The van der Waals surface area contributed by atoms with Gasteiger partial charge in [-0.3, -0.25) is 4.79 Å². The highest BCUT2D eigenvalue weighted by atomic mass is 32.2. The number of Topliss-reactive ketones (excluding diaryl/α,β-unsaturated/α-hetero) is 1. The molecule has 4 aromatic rings. The first-order chi connectivity index (χ1) is 15.4. The van der Waals surface area contributed by atoms with Gasteiger partial charge in [0.05, 0.1) is 4.90 Å². The van der Waals surface area contributed by atoms with Gasteiger partial charge in [0.25, 0.3) is 0 Å². The highest BCUT2D eigenvalue weighted by Gasteiger charge is 2.28. The van der Waals surface area contributed by atoms with Crippen LogP contribution in [-0.4, -0.2) is 14.2 Å². The van der Waals surface area contributed by atoms with E-state index in [0.29, 0.717) is 11.1 Å². The number of benzene rings is 4. The van der Waals surface area contributed by atoms with E-state index in [0.717, 1.165) is 16.7 Å². The Hall–Kier alpha value is -3.76. The lowest BCUT2D eigenvalue weighted by molar-refractivity contribution is 0.104. The number of rotatable bonds is 6. The largest absolute Gasteiger partial charge is 0.288 e. The summed E-state index contributed by atoms with van der Waals surface area (Å²) < 4.78 is 26.9. The summed E-state index contributed by atoms with van der Waals surface area (Å²) in [5.74, 6) is -0.529. The molecule has 0 aromatic heterocycles. The van der Waals surface area contributed by atoms with Crippen LogP contribution in [0.15, 0.2) is 119 Å². The van der Waals surface area contributed by atoms with E-state index in [-0.39, 0.29) is 9.80 Å². The molecule has 0 heterocycles. The van der Waals surface area contributed by atoms with Crippen molar-refractivity contribution in [2.24, 2.45) is 0 Å². The van der Waals surface area contributed by atoms with Crippen molar-refractivity contribution in [1.82, 2.24) is 0 Å². The Morgan fingerprint density at radius 3 is 1.78 bits per heavy atom. The second-order valence-electron chi connectivity index (χ2n) is 7.51. The summed E-state index contributed by atoms with van der Waals surface area (Å²) >= 11 is 0. The van der Waals surface area contributed by atoms with Crippen LogP contribution >= 0.6 is 0 Å². The van der Waals surface area contributed by atoms with Crippen LogP contribution in [0.3, 0.4) is 0 Å². The first kappa shape index (κ1) is 21.5. The molecule has 0 aliphatic heterocycles. The van der Waals surface area contributed by atoms with E-state index >= 15 is 0 Å². The van der Waals surface area contributed by atoms with Crippen molar-refractivity contribution in [3.05, 3.63) is 131 Å². The molecule has 0 aliphatic carbocycles. The summed E-state index contributed by atoms with van der Waals surface area (Å²) in [4.78, 5) is 13.1. The molecule has 0 unspecified atom stereocenters. The minimum Gasteiger partial charge on any atom is -0.288 e. The SMILES string of the molecule is Cc1ccc(S(=O)(=O)/C(=C/c2ccc(-c3ccccc3)cc2)C(=O)c2ccccc2)cc1. The van der Waals surface area contributed by atoms with Crippen LogP contribution in [0.4, 0.5) is 0 Å². The first-order valence-electron chi connectivity index (χ1n) is 10.2. The topological polar surface area (TPSA) is 51.2 Å². The molecule has 4 rings (SSSR count). The van der Waals surface area contributed by atoms with Gasteiger partial charge in [0, 0.05) is 5.56 Å².